The Bertz CT molecular complexity index is 1020. The van der Waals surface area contributed by atoms with Crippen LogP contribution in [0.1, 0.15) is 23.2 Å². The molecule has 1 aliphatic rings. The van der Waals surface area contributed by atoms with E-state index >= 15 is 0 Å². The van der Waals surface area contributed by atoms with Crippen LogP contribution in [0.4, 0.5) is 13.2 Å². The van der Waals surface area contributed by atoms with Crippen molar-refractivity contribution in [2.45, 2.75) is 30.2 Å². The predicted octanol–water partition coefficient (Wildman–Crippen LogP) is 2.92. The summed E-state index contributed by atoms with van der Waals surface area (Å²) in [7, 11) is -3.92. The van der Waals surface area contributed by atoms with Gasteiger partial charge in [-0.1, -0.05) is 12.1 Å². The van der Waals surface area contributed by atoms with Gasteiger partial charge in [-0.2, -0.15) is 0 Å². The first-order valence-electron chi connectivity index (χ1n) is 8.96. The van der Waals surface area contributed by atoms with E-state index in [4.69, 9.17) is 9.88 Å². The van der Waals surface area contributed by atoms with E-state index in [-0.39, 0.29) is 34.0 Å². The lowest BCUT2D eigenvalue weighted by Crippen LogP contribution is -2.41. The summed E-state index contributed by atoms with van der Waals surface area (Å²) in [4.78, 5) is 14.1. The SMILES string of the molecule is NS(=O)(=O)c1cccc(C(=O)N2CCC(Oc3cccc(OC(F)(F)F)c3)CC2)c1. The number of likely N-dealkylation sites (tertiary alicyclic amines) is 1. The van der Waals surface area contributed by atoms with Gasteiger partial charge in [0.25, 0.3) is 5.91 Å². The molecule has 30 heavy (non-hydrogen) atoms. The van der Waals surface area contributed by atoms with Gasteiger partial charge in [-0.25, -0.2) is 13.6 Å². The van der Waals surface area contributed by atoms with E-state index in [1.165, 1.54) is 42.5 Å². The number of amides is 1. The molecule has 1 saturated heterocycles. The molecule has 162 valence electrons. The summed E-state index contributed by atoms with van der Waals surface area (Å²) in [5.74, 6) is -0.468. The number of carbonyl (C=O) groups is 1. The standard InChI is InChI=1S/C19H19F3N2O5S/c20-19(21,22)29-16-5-2-4-15(12-16)28-14-7-9-24(10-8-14)18(25)13-3-1-6-17(11-13)30(23,26)27/h1-6,11-12,14H,7-10H2,(H2,23,26,27). The number of rotatable bonds is 5. The Hall–Kier alpha value is -2.79. The second-order valence-corrected chi connectivity index (χ2v) is 8.27. The fraction of sp³-hybridized carbons (Fsp3) is 0.316. The maximum absolute atomic E-state index is 12.6. The van der Waals surface area contributed by atoms with Crippen LogP contribution in [0.3, 0.4) is 0 Å². The van der Waals surface area contributed by atoms with Gasteiger partial charge in [0.15, 0.2) is 0 Å². The number of hydrogen-bond donors (Lipinski definition) is 1. The molecule has 2 aromatic rings. The first-order valence-corrected chi connectivity index (χ1v) is 10.5. The molecule has 2 aromatic carbocycles. The number of sulfonamides is 1. The number of hydrogen-bond acceptors (Lipinski definition) is 5. The van der Waals surface area contributed by atoms with Gasteiger partial charge >= 0.3 is 6.36 Å². The summed E-state index contributed by atoms with van der Waals surface area (Å²) in [6.07, 6.45) is -4.15. The number of primary sulfonamides is 1. The highest BCUT2D eigenvalue weighted by Crippen LogP contribution is 2.28. The molecule has 0 aliphatic carbocycles. The zero-order valence-corrected chi connectivity index (χ0v) is 16.4. The molecule has 0 aromatic heterocycles. The molecule has 0 radical (unpaired) electrons. The molecule has 0 unspecified atom stereocenters. The molecule has 11 heteroatoms. The zero-order valence-electron chi connectivity index (χ0n) is 15.6. The van der Waals surface area contributed by atoms with Crippen LogP contribution in [0.15, 0.2) is 53.4 Å². The summed E-state index contributed by atoms with van der Waals surface area (Å²) in [6.45, 7) is 0.698. The number of benzene rings is 2. The molecule has 0 spiro atoms. The fourth-order valence-corrected chi connectivity index (χ4v) is 3.66. The highest BCUT2D eigenvalue weighted by atomic mass is 32.2. The topological polar surface area (TPSA) is 98.9 Å². The third kappa shape index (κ3) is 5.86. The number of halogens is 3. The Morgan fingerprint density at radius 2 is 1.67 bits per heavy atom. The van der Waals surface area contributed by atoms with Crippen LogP contribution in [0, 0.1) is 0 Å². The quantitative estimate of drug-likeness (QED) is 0.765. The van der Waals surface area contributed by atoms with Crippen molar-refractivity contribution in [3.8, 4) is 11.5 Å². The summed E-state index contributed by atoms with van der Waals surface area (Å²) in [5.41, 5.74) is 0.206. The van der Waals surface area contributed by atoms with E-state index in [0.717, 1.165) is 6.07 Å². The molecule has 1 aliphatic heterocycles. The molecule has 0 atom stereocenters. The van der Waals surface area contributed by atoms with Crippen molar-refractivity contribution in [2.75, 3.05) is 13.1 Å². The highest BCUT2D eigenvalue weighted by Gasteiger charge is 2.31. The molecule has 1 heterocycles. The van der Waals surface area contributed by atoms with Gasteiger partial charge in [-0.3, -0.25) is 4.79 Å². The molecule has 2 N–H and O–H groups in total. The largest absolute Gasteiger partial charge is 0.573 e. The Labute approximate surface area is 171 Å². The van der Waals surface area contributed by atoms with E-state index in [9.17, 15) is 26.4 Å². The van der Waals surface area contributed by atoms with Gasteiger partial charge < -0.3 is 14.4 Å². The van der Waals surface area contributed by atoms with Gasteiger partial charge in [0.05, 0.1) is 4.90 Å². The van der Waals surface area contributed by atoms with E-state index < -0.39 is 16.4 Å². The average molecular weight is 444 g/mol. The van der Waals surface area contributed by atoms with Gasteiger partial charge in [0.2, 0.25) is 10.0 Å². The van der Waals surface area contributed by atoms with Crippen LogP contribution in [-0.2, 0) is 10.0 Å². The molecule has 0 saturated carbocycles. The van der Waals surface area contributed by atoms with Crippen LogP contribution in [0.25, 0.3) is 0 Å². The number of carbonyl (C=O) groups excluding carboxylic acids is 1. The first-order chi connectivity index (χ1) is 14.0. The van der Waals surface area contributed by atoms with Crippen molar-refractivity contribution >= 4 is 15.9 Å². The van der Waals surface area contributed by atoms with Gasteiger partial charge in [0, 0.05) is 37.6 Å². The maximum Gasteiger partial charge on any atom is 0.573 e. The number of ether oxygens (including phenoxy) is 2. The Kier molecular flexibility index (Phi) is 6.22. The van der Waals surface area contributed by atoms with Crippen molar-refractivity contribution in [3.05, 3.63) is 54.1 Å². The van der Waals surface area contributed by atoms with Gasteiger partial charge in [-0.15, -0.1) is 13.2 Å². The minimum Gasteiger partial charge on any atom is -0.490 e. The first kappa shape index (κ1) is 21.9. The second kappa shape index (κ2) is 8.52. The summed E-state index contributed by atoms with van der Waals surface area (Å²) in [5, 5.41) is 5.10. The predicted molar refractivity (Wildman–Crippen MR) is 100 cm³/mol. The minimum absolute atomic E-state index is 0.146. The lowest BCUT2D eigenvalue weighted by molar-refractivity contribution is -0.274. The number of alkyl halides is 3. The third-order valence-corrected chi connectivity index (χ3v) is 5.39. The van der Waals surface area contributed by atoms with Crippen LogP contribution < -0.4 is 14.6 Å². The lowest BCUT2D eigenvalue weighted by atomic mass is 10.1. The van der Waals surface area contributed by atoms with Crippen LogP contribution >= 0.6 is 0 Å². The average Bonchev–Trinajstić information content (AvgIpc) is 2.66. The van der Waals surface area contributed by atoms with Gasteiger partial charge in [-0.05, 0) is 30.3 Å². The van der Waals surface area contributed by atoms with Crippen LogP contribution in [0.2, 0.25) is 0 Å². The van der Waals surface area contributed by atoms with E-state index in [2.05, 4.69) is 4.74 Å². The van der Waals surface area contributed by atoms with E-state index in [1.54, 1.807) is 4.90 Å². The Morgan fingerprint density at radius 1 is 1.03 bits per heavy atom. The van der Waals surface area contributed by atoms with Crippen molar-refractivity contribution in [1.29, 1.82) is 0 Å². The summed E-state index contributed by atoms with van der Waals surface area (Å²) in [6, 6.07) is 10.7. The molecule has 0 bridgehead atoms. The lowest BCUT2D eigenvalue weighted by Gasteiger charge is -2.32. The van der Waals surface area contributed by atoms with E-state index in [1.807, 2.05) is 0 Å². The van der Waals surface area contributed by atoms with Crippen molar-refractivity contribution in [1.82, 2.24) is 4.90 Å². The minimum atomic E-state index is -4.79. The van der Waals surface area contributed by atoms with Gasteiger partial charge in [0.1, 0.15) is 17.6 Å². The normalized spacial score (nSPS) is 15.7. The van der Waals surface area contributed by atoms with E-state index in [0.29, 0.717) is 25.9 Å². The zero-order chi connectivity index (χ0) is 21.9. The maximum atomic E-state index is 12.6. The molecule has 3 rings (SSSR count). The molecular formula is C19H19F3N2O5S. The van der Waals surface area contributed by atoms with Crippen LogP contribution in [0.5, 0.6) is 11.5 Å². The monoisotopic (exact) mass is 444 g/mol. The molecule has 7 nitrogen and oxygen atoms in total. The second-order valence-electron chi connectivity index (χ2n) is 6.70. The van der Waals surface area contributed by atoms with Crippen molar-refractivity contribution < 1.29 is 35.9 Å². The third-order valence-electron chi connectivity index (χ3n) is 4.48. The molecule has 1 fully saturated rings. The molecule has 1 amide bonds. The number of piperidine rings is 1. The summed E-state index contributed by atoms with van der Waals surface area (Å²) >= 11 is 0. The van der Waals surface area contributed by atoms with Crippen molar-refractivity contribution in [3.63, 3.8) is 0 Å². The molecular weight excluding hydrogens is 425 g/mol. The number of nitrogens with two attached hydrogens (primary N) is 1. The smallest absolute Gasteiger partial charge is 0.490 e. The fourth-order valence-electron chi connectivity index (χ4n) is 3.10. The van der Waals surface area contributed by atoms with Crippen molar-refractivity contribution in [2.24, 2.45) is 5.14 Å². The number of nitrogens with zero attached hydrogens (tertiary/aromatic N) is 1. The highest BCUT2D eigenvalue weighted by molar-refractivity contribution is 7.89. The Morgan fingerprint density at radius 3 is 2.30 bits per heavy atom. The Balaban J connectivity index is 1.59. The summed E-state index contributed by atoms with van der Waals surface area (Å²) < 4.78 is 69.6. The van der Waals surface area contributed by atoms with Crippen LogP contribution in [-0.4, -0.2) is 44.8 Å².